The molecule has 0 N–H and O–H groups in total. The van der Waals surface area contributed by atoms with Crippen molar-refractivity contribution in [3.8, 4) is 6.07 Å². The van der Waals surface area contributed by atoms with Crippen LogP contribution >= 0.6 is 0 Å². The van der Waals surface area contributed by atoms with Gasteiger partial charge in [0.15, 0.2) is 0 Å². The van der Waals surface area contributed by atoms with Crippen molar-refractivity contribution in [2.45, 2.75) is 45.4 Å². The van der Waals surface area contributed by atoms with Gasteiger partial charge in [-0.1, -0.05) is 36.4 Å². The average molecular weight is 355 g/mol. The average Bonchev–Trinajstić information content (AvgIpc) is 3.45. The van der Waals surface area contributed by atoms with Crippen LogP contribution in [0.1, 0.15) is 40.8 Å². The number of nitriles is 1. The summed E-state index contributed by atoms with van der Waals surface area (Å²) in [6.07, 6.45) is 4.73. The van der Waals surface area contributed by atoms with Gasteiger partial charge in [-0.05, 0) is 60.7 Å². The molecular weight excluding hydrogens is 330 g/mol. The lowest BCUT2D eigenvalue weighted by molar-refractivity contribution is 0.239. The van der Waals surface area contributed by atoms with Crippen molar-refractivity contribution in [1.82, 2.24) is 9.47 Å². The van der Waals surface area contributed by atoms with E-state index in [-0.39, 0.29) is 0 Å². The molecule has 0 saturated heterocycles. The fourth-order valence-electron chi connectivity index (χ4n) is 3.65. The Labute approximate surface area is 161 Å². The van der Waals surface area contributed by atoms with Gasteiger partial charge in [0.1, 0.15) is 0 Å². The Balaban J connectivity index is 1.51. The summed E-state index contributed by atoms with van der Waals surface area (Å²) in [6.45, 7) is 4.94. The van der Waals surface area contributed by atoms with Crippen LogP contribution in [0.3, 0.4) is 0 Å². The molecule has 3 heteroatoms. The summed E-state index contributed by atoms with van der Waals surface area (Å²) in [7, 11) is 0. The van der Waals surface area contributed by atoms with E-state index < -0.39 is 0 Å². The number of aryl methyl sites for hydroxylation is 1. The minimum atomic E-state index is 0.664. The zero-order chi connectivity index (χ0) is 18.6. The number of hydrogen-bond acceptors (Lipinski definition) is 2. The van der Waals surface area contributed by atoms with Gasteiger partial charge in [-0.2, -0.15) is 5.26 Å². The molecule has 0 bridgehead atoms. The largest absolute Gasteiger partial charge is 0.346 e. The summed E-state index contributed by atoms with van der Waals surface area (Å²) < 4.78 is 2.36. The molecule has 1 aliphatic rings. The first-order valence-electron chi connectivity index (χ1n) is 9.64. The Kier molecular flexibility index (Phi) is 5.09. The van der Waals surface area contributed by atoms with Crippen LogP contribution in [0.2, 0.25) is 0 Å². The second-order valence-corrected chi connectivity index (χ2v) is 7.50. The third-order valence-electron chi connectivity index (χ3n) is 5.40. The Morgan fingerprint density at radius 1 is 1.04 bits per heavy atom. The molecule has 0 aliphatic heterocycles. The highest BCUT2D eigenvalue weighted by atomic mass is 15.2. The van der Waals surface area contributed by atoms with Crippen molar-refractivity contribution < 1.29 is 0 Å². The van der Waals surface area contributed by atoms with Gasteiger partial charge in [0, 0.05) is 37.6 Å². The Morgan fingerprint density at radius 2 is 1.89 bits per heavy atom. The fraction of sp³-hybridized carbons (Fsp3) is 0.292. The van der Waals surface area contributed by atoms with Gasteiger partial charge >= 0.3 is 0 Å². The predicted molar refractivity (Wildman–Crippen MR) is 108 cm³/mol. The highest BCUT2D eigenvalue weighted by molar-refractivity contribution is 5.33. The lowest BCUT2D eigenvalue weighted by atomic mass is 10.1. The maximum Gasteiger partial charge on any atom is 0.0991 e. The first-order chi connectivity index (χ1) is 13.2. The molecule has 0 radical (unpaired) electrons. The minimum Gasteiger partial charge on any atom is -0.346 e. The molecule has 0 unspecified atom stereocenters. The van der Waals surface area contributed by atoms with E-state index in [4.69, 9.17) is 5.26 Å². The zero-order valence-electron chi connectivity index (χ0n) is 15.8. The van der Waals surface area contributed by atoms with Gasteiger partial charge in [0.05, 0.1) is 11.6 Å². The predicted octanol–water partition coefficient (Wildman–Crippen LogP) is 4.88. The second kappa shape index (κ2) is 7.82. The third kappa shape index (κ3) is 4.30. The molecule has 1 heterocycles. The molecule has 3 nitrogen and oxygen atoms in total. The van der Waals surface area contributed by atoms with Crippen LogP contribution in [0.4, 0.5) is 0 Å². The molecule has 0 spiro atoms. The van der Waals surface area contributed by atoms with Gasteiger partial charge < -0.3 is 4.57 Å². The van der Waals surface area contributed by atoms with Crippen molar-refractivity contribution in [3.05, 3.63) is 94.8 Å². The summed E-state index contributed by atoms with van der Waals surface area (Å²) in [5.41, 5.74) is 6.02. The van der Waals surface area contributed by atoms with E-state index in [1.54, 1.807) is 0 Å². The molecule has 136 valence electrons. The van der Waals surface area contributed by atoms with Gasteiger partial charge in [0.25, 0.3) is 0 Å². The van der Waals surface area contributed by atoms with Crippen LogP contribution in [0.25, 0.3) is 0 Å². The fourth-order valence-corrected chi connectivity index (χ4v) is 3.65. The van der Waals surface area contributed by atoms with E-state index in [9.17, 15) is 0 Å². The molecule has 1 aromatic heterocycles. The normalized spacial score (nSPS) is 13.7. The second-order valence-electron chi connectivity index (χ2n) is 7.50. The SMILES string of the molecule is Cc1ccccc1Cn1cccc1CN(Cc1cccc(C#N)c1)C1CC1. The maximum atomic E-state index is 9.16. The zero-order valence-corrected chi connectivity index (χ0v) is 15.8. The lowest BCUT2D eigenvalue weighted by Gasteiger charge is -2.23. The van der Waals surface area contributed by atoms with Crippen molar-refractivity contribution in [2.24, 2.45) is 0 Å². The Hall–Kier alpha value is -2.83. The summed E-state index contributed by atoms with van der Waals surface area (Å²) in [5.74, 6) is 0. The summed E-state index contributed by atoms with van der Waals surface area (Å²) in [4.78, 5) is 2.56. The van der Waals surface area contributed by atoms with Crippen LogP contribution in [0.15, 0.2) is 66.9 Å². The molecule has 27 heavy (non-hydrogen) atoms. The van der Waals surface area contributed by atoms with Crippen LogP contribution in [0.5, 0.6) is 0 Å². The van der Waals surface area contributed by atoms with Crippen LogP contribution in [-0.4, -0.2) is 15.5 Å². The smallest absolute Gasteiger partial charge is 0.0991 e. The summed E-state index contributed by atoms with van der Waals surface area (Å²) in [6, 6.07) is 23.9. The molecule has 3 aromatic rings. The number of hydrogen-bond donors (Lipinski definition) is 0. The van der Waals surface area contributed by atoms with Crippen LogP contribution < -0.4 is 0 Å². The lowest BCUT2D eigenvalue weighted by Crippen LogP contribution is -2.26. The Morgan fingerprint density at radius 3 is 2.67 bits per heavy atom. The first-order valence-corrected chi connectivity index (χ1v) is 9.64. The van der Waals surface area contributed by atoms with Gasteiger partial charge in [-0.15, -0.1) is 0 Å². The Bertz CT molecular complexity index is 960. The van der Waals surface area contributed by atoms with E-state index in [0.29, 0.717) is 6.04 Å². The molecular formula is C24H25N3. The maximum absolute atomic E-state index is 9.16. The van der Waals surface area contributed by atoms with E-state index >= 15 is 0 Å². The number of rotatable bonds is 7. The quantitative estimate of drug-likeness (QED) is 0.605. The van der Waals surface area contributed by atoms with Crippen molar-refractivity contribution in [2.75, 3.05) is 0 Å². The van der Waals surface area contributed by atoms with E-state index in [1.807, 2.05) is 18.2 Å². The number of nitrogens with zero attached hydrogens (tertiary/aromatic N) is 3. The van der Waals surface area contributed by atoms with Crippen LogP contribution in [-0.2, 0) is 19.6 Å². The highest BCUT2D eigenvalue weighted by Crippen LogP contribution is 2.30. The summed E-state index contributed by atoms with van der Waals surface area (Å²) >= 11 is 0. The van der Waals surface area contributed by atoms with Crippen LogP contribution in [0, 0.1) is 18.3 Å². The molecule has 1 fully saturated rings. The molecule has 2 aromatic carbocycles. The molecule has 1 saturated carbocycles. The monoisotopic (exact) mass is 355 g/mol. The molecule has 1 aliphatic carbocycles. The standard InChI is InChI=1S/C24H25N3/c1-19-6-2-3-9-22(19)17-26-13-5-10-24(26)18-27(23-11-12-23)16-21-8-4-7-20(14-21)15-25/h2-10,13-14,23H,11-12,16-18H2,1H3. The number of benzene rings is 2. The van der Waals surface area contributed by atoms with E-state index in [1.165, 1.54) is 35.2 Å². The van der Waals surface area contributed by atoms with Crippen molar-refractivity contribution in [1.29, 1.82) is 5.26 Å². The molecule has 0 atom stereocenters. The third-order valence-corrected chi connectivity index (χ3v) is 5.40. The van der Waals surface area contributed by atoms with Crippen molar-refractivity contribution in [3.63, 3.8) is 0 Å². The summed E-state index contributed by atoms with van der Waals surface area (Å²) in [5, 5.41) is 9.16. The van der Waals surface area contributed by atoms with E-state index in [0.717, 1.165) is 25.2 Å². The molecule has 4 rings (SSSR count). The highest BCUT2D eigenvalue weighted by Gasteiger charge is 2.29. The van der Waals surface area contributed by atoms with Gasteiger partial charge in [-0.3, -0.25) is 4.90 Å². The topological polar surface area (TPSA) is 32.0 Å². The first kappa shape index (κ1) is 17.6. The molecule has 0 amide bonds. The van der Waals surface area contributed by atoms with Crippen molar-refractivity contribution >= 4 is 0 Å². The van der Waals surface area contributed by atoms with Gasteiger partial charge in [-0.25, -0.2) is 0 Å². The van der Waals surface area contributed by atoms with Gasteiger partial charge in [0.2, 0.25) is 0 Å². The minimum absolute atomic E-state index is 0.664. The number of aromatic nitrogens is 1. The van der Waals surface area contributed by atoms with E-state index in [2.05, 4.69) is 71.1 Å².